The summed E-state index contributed by atoms with van der Waals surface area (Å²) >= 11 is 0. The molecule has 0 unspecified atom stereocenters. The lowest BCUT2D eigenvalue weighted by atomic mass is 10.1. The molecule has 0 radical (unpaired) electrons. The van der Waals surface area contributed by atoms with Crippen molar-refractivity contribution in [3.8, 4) is 5.69 Å². The molecule has 0 aliphatic carbocycles. The molecule has 2 aromatic rings. The van der Waals surface area contributed by atoms with Crippen LogP contribution in [0.25, 0.3) is 5.69 Å². The molecule has 6 heteroatoms. The minimum atomic E-state index is -4.33. The van der Waals surface area contributed by atoms with Gasteiger partial charge in [0.25, 0.3) is 0 Å². The summed E-state index contributed by atoms with van der Waals surface area (Å²) in [5, 5.41) is 4.22. The van der Waals surface area contributed by atoms with Crippen molar-refractivity contribution in [3.05, 3.63) is 41.7 Å². The number of aromatic nitrogens is 2. The number of benzene rings is 1. The van der Waals surface area contributed by atoms with E-state index < -0.39 is 11.7 Å². The number of alkyl halides is 3. The van der Waals surface area contributed by atoms with Crippen LogP contribution in [0.5, 0.6) is 0 Å². The lowest BCUT2D eigenvalue weighted by Crippen LogP contribution is -2.21. The molecule has 0 spiro atoms. The van der Waals surface area contributed by atoms with Crippen LogP contribution in [0.4, 0.5) is 18.9 Å². The van der Waals surface area contributed by atoms with E-state index in [9.17, 15) is 13.2 Å². The lowest BCUT2D eigenvalue weighted by molar-refractivity contribution is -0.137. The Morgan fingerprint density at radius 1 is 1.10 bits per heavy atom. The Hall–Kier alpha value is -1.98. The Morgan fingerprint density at radius 3 is 2.38 bits per heavy atom. The summed E-state index contributed by atoms with van der Waals surface area (Å²) in [7, 11) is 0. The number of aryl methyl sites for hydroxylation is 1. The van der Waals surface area contributed by atoms with Gasteiger partial charge in [-0.1, -0.05) is 0 Å². The summed E-state index contributed by atoms with van der Waals surface area (Å²) in [6.45, 7) is 3.48. The Morgan fingerprint density at radius 2 is 1.81 bits per heavy atom. The molecule has 0 saturated carbocycles. The number of hydrogen-bond acceptors (Lipinski definition) is 2. The fourth-order valence-electron chi connectivity index (χ4n) is 2.65. The molecule has 1 aliphatic heterocycles. The van der Waals surface area contributed by atoms with Crippen molar-refractivity contribution in [3.63, 3.8) is 0 Å². The summed E-state index contributed by atoms with van der Waals surface area (Å²) in [6.07, 6.45) is 1.21. The summed E-state index contributed by atoms with van der Waals surface area (Å²) in [5.41, 5.74) is 1.66. The van der Waals surface area contributed by atoms with Crippen molar-refractivity contribution < 1.29 is 13.2 Å². The number of anilines is 1. The molecule has 3 nitrogen and oxygen atoms in total. The van der Waals surface area contributed by atoms with Gasteiger partial charge >= 0.3 is 6.18 Å². The van der Waals surface area contributed by atoms with E-state index in [4.69, 9.17) is 0 Å². The van der Waals surface area contributed by atoms with E-state index >= 15 is 0 Å². The highest BCUT2D eigenvalue weighted by Crippen LogP contribution is 2.35. The normalized spacial score (nSPS) is 15.7. The zero-order valence-corrected chi connectivity index (χ0v) is 11.7. The molecule has 3 rings (SSSR count). The second kappa shape index (κ2) is 5.09. The van der Waals surface area contributed by atoms with Gasteiger partial charge in [0, 0.05) is 19.3 Å². The minimum Gasteiger partial charge on any atom is -0.370 e. The minimum absolute atomic E-state index is 0.602. The van der Waals surface area contributed by atoms with E-state index in [1.165, 1.54) is 12.1 Å². The largest absolute Gasteiger partial charge is 0.416 e. The molecule has 1 aliphatic rings. The van der Waals surface area contributed by atoms with Gasteiger partial charge in [0.15, 0.2) is 0 Å². The highest BCUT2D eigenvalue weighted by molar-refractivity contribution is 5.64. The third-order valence-electron chi connectivity index (χ3n) is 3.71. The number of rotatable bonds is 2. The molecule has 21 heavy (non-hydrogen) atoms. The predicted octanol–water partition coefficient (Wildman–Crippen LogP) is 3.80. The van der Waals surface area contributed by atoms with Crippen molar-refractivity contribution in [2.45, 2.75) is 25.9 Å². The molecule has 2 heterocycles. The van der Waals surface area contributed by atoms with Gasteiger partial charge in [-0.05, 0) is 43.5 Å². The SMILES string of the molecule is Cc1cnn(-c2ccc(C(F)(F)F)cc2N2CCCC2)c1. The van der Waals surface area contributed by atoms with Gasteiger partial charge in [0.1, 0.15) is 0 Å². The maximum atomic E-state index is 13.0. The first-order chi connectivity index (χ1) is 9.95. The molecule has 0 N–H and O–H groups in total. The molecule has 1 aromatic carbocycles. The van der Waals surface area contributed by atoms with Crippen molar-refractivity contribution in [2.24, 2.45) is 0 Å². The quantitative estimate of drug-likeness (QED) is 0.840. The Balaban J connectivity index is 2.10. The molecule has 1 aromatic heterocycles. The second-order valence-electron chi connectivity index (χ2n) is 5.36. The monoisotopic (exact) mass is 295 g/mol. The van der Waals surface area contributed by atoms with Crippen LogP contribution < -0.4 is 4.90 Å². The van der Waals surface area contributed by atoms with Gasteiger partial charge < -0.3 is 4.90 Å². The topological polar surface area (TPSA) is 21.1 Å². The van der Waals surface area contributed by atoms with Crippen LogP contribution in [0.3, 0.4) is 0 Å². The maximum Gasteiger partial charge on any atom is 0.416 e. The maximum absolute atomic E-state index is 13.0. The first-order valence-corrected chi connectivity index (χ1v) is 6.93. The zero-order chi connectivity index (χ0) is 15.0. The summed E-state index contributed by atoms with van der Waals surface area (Å²) in [6, 6.07) is 3.85. The third-order valence-corrected chi connectivity index (χ3v) is 3.71. The van der Waals surface area contributed by atoms with Crippen molar-refractivity contribution in [1.82, 2.24) is 9.78 Å². The first-order valence-electron chi connectivity index (χ1n) is 6.93. The molecule has 1 fully saturated rings. The van der Waals surface area contributed by atoms with Gasteiger partial charge in [0.2, 0.25) is 0 Å². The van der Waals surface area contributed by atoms with Gasteiger partial charge in [-0.25, -0.2) is 4.68 Å². The van der Waals surface area contributed by atoms with Crippen LogP contribution >= 0.6 is 0 Å². The Labute approximate surface area is 121 Å². The fraction of sp³-hybridized carbons (Fsp3) is 0.400. The molecule has 1 saturated heterocycles. The highest BCUT2D eigenvalue weighted by Gasteiger charge is 2.32. The van der Waals surface area contributed by atoms with E-state index in [1.807, 2.05) is 18.0 Å². The van der Waals surface area contributed by atoms with Gasteiger partial charge in [-0.3, -0.25) is 0 Å². The molecule has 112 valence electrons. The van der Waals surface area contributed by atoms with Crippen molar-refractivity contribution in [1.29, 1.82) is 0 Å². The van der Waals surface area contributed by atoms with Gasteiger partial charge in [-0.2, -0.15) is 18.3 Å². The first kappa shape index (κ1) is 14.0. The molecule has 0 amide bonds. The van der Waals surface area contributed by atoms with Crippen LogP contribution in [0.15, 0.2) is 30.6 Å². The number of nitrogens with zero attached hydrogens (tertiary/aromatic N) is 3. The van der Waals surface area contributed by atoms with Gasteiger partial charge in [-0.15, -0.1) is 0 Å². The van der Waals surface area contributed by atoms with Crippen LogP contribution in [-0.2, 0) is 6.18 Å². The van der Waals surface area contributed by atoms with Crippen molar-refractivity contribution in [2.75, 3.05) is 18.0 Å². The van der Waals surface area contributed by atoms with E-state index in [-0.39, 0.29) is 0 Å². The Kier molecular flexibility index (Phi) is 3.39. The van der Waals surface area contributed by atoms with Crippen LogP contribution in [0.1, 0.15) is 24.0 Å². The molecular formula is C15H16F3N3. The van der Waals surface area contributed by atoms with Gasteiger partial charge in [0.05, 0.1) is 23.1 Å². The van der Waals surface area contributed by atoms with E-state index in [0.29, 0.717) is 11.4 Å². The van der Waals surface area contributed by atoms with Crippen LogP contribution in [0.2, 0.25) is 0 Å². The van der Waals surface area contributed by atoms with Crippen LogP contribution in [-0.4, -0.2) is 22.9 Å². The standard InChI is InChI=1S/C15H16F3N3/c1-11-9-19-21(10-11)13-5-4-12(15(16,17)18)8-14(13)20-6-2-3-7-20/h4-5,8-10H,2-3,6-7H2,1H3. The highest BCUT2D eigenvalue weighted by atomic mass is 19.4. The molecule has 0 atom stereocenters. The van der Waals surface area contributed by atoms with Crippen molar-refractivity contribution >= 4 is 5.69 Å². The van der Waals surface area contributed by atoms with E-state index in [0.717, 1.165) is 37.6 Å². The zero-order valence-electron chi connectivity index (χ0n) is 11.7. The second-order valence-corrected chi connectivity index (χ2v) is 5.36. The molecule has 0 bridgehead atoms. The van der Waals surface area contributed by atoms with Crippen LogP contribution in [0, 0.1) is 6.92 Å². The van der Waals surface area contributed by atoms with E-state index in [1.54, 1.807) is 10.9 Å². The Bertz CT molecular complexity index is 640. The number of halogens is 3. The summed E-state index contributed by atoms with van der Waals surface area (Å²) < 4.78 is 40.5. The van der Waals surface area contributed by atoms with E-state index in [2.05, 4.69) is 5.10 Å². The smallest absolute Gasteiger partial charge is 0.370 e. The molecular weight excluding hydrogens is 279 g/mol. The summed E-state index contributed by atoms with van der Waals surface area (Å²) in [5.74, 6) is 0. The summed E-state index contributed by atoms with van der Waals surface area (Å²) in [4.78, 5) is 2.00. The third kappa shape index (κ3) is 2.75. The average Bonchev–Trinajstić information content (AvgIpc) is 3.08. The lowest BCUT2D eigenvalue weighted by Gasteiger charge is -2.22. The predicted molar refractivity (Wildman–Crippen MR) is 74.8 cm³/mol. The fourth-order valence-corrected chi connectivity index (χ4v) is 2.65. The number of hydrogen-bond donors (Lipinski definition) is 0. The average molecular weight is 295 g/mol.